The number of aryl methyl sites for hydroxylation is 1. The van der Waals surface area contributed by atoms with Crippen LogP contribution in [0.4, 0.5) is 5.69 Å². The van der Waals surface area contributed by atoms with Gasteiger partial charge >= 0.3 is 0 Å². The molecule has 1 N–H and O–H groups in total. The predicted octanol–water partition coefficient (Wildman–Crippen LogP) is 4.31. The van der Waals surface area contributed by atoms with Crippen molar-refractivity contribution in [2.75, 3.05) is 5.32 Å². The zero-order valence-electron chi connectivity index (χ0n) is 11.5. The van der Waals surface area contributed by atoms with Gasteiger partial charge in [0, 0.05) is 5.56 Å². The summed E-state index contributed by atoms with van der Waals surface area (Å²) < 4.78 is 5.68. The molecule has 0 saturated heterocycles. The minimum absolute atomic E-state index is 0.433. The Bertz CT molecular complexity index is 755. The summed E-state index contributed by atoms with van der Waals surface area (Å²) in [7, 11) is 0. The Morgan fingerprint density at radius 1 is 1.05 bits per heavy atom. The molecular weight excluding hydrogens is 286 g/mol. The number of nitrogens with one attached hydrogen (secondary N) is 1. The number of hydrogen-bond donors (Lipinski definition) is 1. The van der Waals surface area contributed by atoms with Crippen molar-refractivity contribution in [3.63, 3.8) is 0 Å². The summed E-state index contributed by atoms with van der Waals surface area (Å²) >= 11 is 6.08. The molecule has 3 aromatic rings. The van der Waals surface area contributed by atoms with Crippen molar-refractivity contribution in [1.82, 2.24) is 10.2 Å². The Kier molecular flexibility index (Phi) is 3.88. The lowest BCUT2D eigenvalue weighted by molar-refractivity contribution is 0.514. The zero-order valence-corrected chi connectivity index (χ0v) is 12.3. The van der Waals surface area contributed by atoms with Crippen LogP contribution in [0.15, 0.2) is 52.9 Å². The Labute approximate surface area is 127 Å². The molecule has 0 atom stereocenters. The topological polar surface area (TPSA) is 51.0 Å². The van der Waals surface area contributed by atoms with Crippen LogP contribution >= 0.6 is 11.6 Å². The van der Waals surface area contributed by atoms with E-state index >= 15 is 0 Å². The number of aromatic nitrogens is 2. The highest BCUT2D eigenvalue weighted by Gasteiger charge is 2.10. The third-order valence-electron chi connectivity index (χ3n) is 3.15. The van der Waals surface area contributed by atoms with Gasteiger partial charge in [0.15, 0.2) is 0 Å². The lowest BCUT2D eigenvalue weighted by atomic mass is 10.1. The molecule has 5 heteroatoms. The molecule has 0 bridgehead atoms. The summed E-state index contributed by atoms with van der Waals surface area (Å²) in [5, 5.41) is 12.0. The van der Waals surface area contributed by atoms with E-state index in [0.29, 0.717) is 23.3 Å². The zero-order chi connectivity index (χ0) is 14.7. The largest absolute Gasteiger partial charge is 0.419 e. The van der Waals surface area contributed by atoms with Gasteiger partial charge in [-0.1, -0.05) is 41.9 Å². The van der Waals surface area contributed by atoms with Crippen molar-refractivity contribution in [3.8, 4) is 11.5 Å². The maximum Gasteiger partial charge on any atom is 0.248 e. The van der Waals surface area contributed by atoms with Gasteiger partial charge in [0.25, 0.3) is 0 Å². The van der Waals surface area contributed by atoms with Crippen LogP contribution in [0, 0.1) is 6.92 Å². The number of rotatable bonds is 4. The molecule has 0 aliphatic heterocycles. The second-order valence-corrected chi connectivity index (χ2v) is 5.06. The number of nitrogens with zero attached hydrogens (tertiary/aromatic N) is 2. The molecule has 1 heterocycles. The molecule has 0 aliphatic rings. The molecule has 1 aromatic heterocycles. The van der Waals surface area contributed by atoms with Crippen molar-refractivity contribution in [2.45, 2.75) is 13.5 Å². The molecule has 0 saturated carbocycles. The summed E-state index contributed by atoms with van der Waals surface area (Å²) in [6.07, 6.45) is 0. The molecule has 4 nitrogen and oxygen atoms in total. The monoisotopic (exact) mass is 299 g/mol. The predicted molar refractivity (Wildman–Crippen MR) is 83.2 cm³/mol. The standard InChI is InChI=1S/C16H14ClN3O/c1-11-6-2-3-7-12(11)16-20-19-15(21-16)10-18-14-9-5-4-8-13(14)17/h2-9,18H,10H2,1H3. The maximum absolute atomic E-state index is 6.08. The maximum atomic E-state index is 6.08. The summed E-state index contributed by atoms with van der Waals surface area (Å²) in [6, 6.07) is 15.5. The molecule has 21 heavy (non-hydrogen) atoms. The molecule has 106 valence electrons. The van der Waals surface area contributed by atoms with E-state index in [-0.39, 0.29) is 0 Å². The fourth-order valence-electron chi connectivity index (χ4n) is 2.02. The van der Waals surface area contributed by atoms with Crippen molar-refractivity contribution in [2.24, 2.45) is 0 Å². The number of anilines is 1. The fourth-order valence-corrected chi connectivity index (χ4v) is 2.22. The van der Waals surface area contributed by atoms with Gasteiger partial charge in [0.2, 0.25) is 11.8 Å². The van der Waals surface area contributed by atoms with Gasteiger partial charge < -0.3 is 9.73 Å². The molecule has 0 amide bonds. The summed E-state index contributed by atoms with van der Waals surface area (Å²) in [5.41, 5.74) is 2.90. The van der Waals surface area contributed by atoms with Crippen LogP contribution < -0.4 is 5.32 Å². The number of halogens is 1. The Morgan fingerprint density at radius 2 is 1.81 bits per heavy atom. The average Bonchev–Trinajstić information content (AvgIpc) is 2.96. The van der Waals surface area contributed by atoms with Crippen molar-refractivity contribution < 1.29 is 4.42 Å². The first-order chi connectivity index (χ1) is 10.2. The van der Waals surface area contributed by atoms with Gasteiger partial charge in [-0.15, -0.1) is 10.2 Å². The molecule has 0 radical (unpaired) electrons. The molecule has 3 rings (SSSR count). The van der Waals surface area contributed by atoms with Crippen LogP contribution in [0.2, 0.25) is 5.02 Å². The van der Waals surface area contributed by atoms with Crippen LogP contribution in [-0.2, 0) is 6.54 Å². The third kappa shape index (κ3) is 3.06. The number of benzene rings is 2. The third-order valence-corrected chi connectivity index (χ3v) is 3.48. The van der Waals surface area contributed by atoms with Crippen LogP contribution in [0.25, 0.3) is 11.5 Å². The van der Waals surface area contributed by atoms with Crippen LogP contribution in [0.3, 0.4) is 0 Å². The molecule has 0 aliphatic carbocycles. The highest BCUT2D eigenvalue weighted by molar-refractivity contribution is 6.33. The van der Waals surface area contributed by atoms with E-state index in [1.54, 1.807) is 0 Å². The quantitative estimate of drug-likeness (QED) is 0.780. The normalized spacial score (nSPS) is 10.6. The molecule has 0 fully saturated rings. The van der Waals surface area contributed by atoms with Crippen LogP contribution in [-0.4, -0.2) is 10.2 Å². The number of para-hydroxylation sites is 1. The first kappa shape index (κ1) is 13.6. The van der Waals surface area contributed by atoms with E-state index in [1.807, 2.05) is 55.5 Å². The fraction of sp³-hybridized carbons (Fsp3) is 0.125. The Balaban J connectivity index is 1.74. The minimum Gasteiger partial charge on any atom is -0.419 e. The lowest BCUT2D eigenvalue weighted by Crippen LogP contribution is -1.99. The Morgan fingerprint density at radius 3 is 2.62 bits per heavy atom. The summed E-state index contributed by atoms with van der Waals surface area (Å²) in [5.74, 6) is 1.05. The van der Waals surface area contributed by atoms with E-state index in [0.717, 1.165) is 16.8 Å². The van der Waals surface area contributed by atoms with Gasteiger partial charge in [0.1, 0.15) is 0 Å². The van der Waals surface area contributed by atoms with Gasteiger partial charge in [0.05, 0.1) is 17.3 Å². The van der Waals surface area contributed by atoms with E-state index < -0.39 is 0 Å². The van der Waals surface area contributed by atoms with Crippen molar-refractivity contribution >= 4 is 17.3 Å². The van der Waals surface area contributed by atoms with Gasteiger partial charge in [-0.3, -0.25) is 0 Å². The van der Waals surface area contributed by atoms with Crippen molar-refractivity contribution in [1.29, 1.82) is 0 Å². The smallest absolute Gasteiger partial charge is 0.248 e. The summed E-state index contributed by atoms with van der Waals surface area (Å²) in [4.78, 5) is 0. The lowest BCUT2D eigenvalue weighted by Gasteiger charge is -2.04. The highest BCUT2D eigenvalue weighted by atomic mass is 35.5. The van der Waals surface area contributed by atoms with Crippen LogP contribution in [0.1, 0.15) is 11.5 Å². The minimum atomic E-state index is 0.433. The second-order valence-electron chi connectivity index (χ2n) is 4.65. The Hall–Kier alpha value is -2.33. The summed E-state index contributed by atoms with van der Waals surface area (Å²) in [6.45, 7) is 2.45. The number of hydrogen-bond acceptors (Lipinski definition) is 4. The van der Waals surface area contributed by atoms with Gasteiger partial charge in [-0.25, -0.2) is 0 Å². The second kappa shape index (κ2) is 5.97. The van der Waals surface area contributed by atoms with E-state index in [9.17, 15) is 0 Å². The first-order valence-corrected chi connectivity index (χ1v) is 6.98. The highest BCUT2D eigenvalue weighted by Crippen LogP contribution is 2.23. The van der Waals surface area contributed by atoms with Gasteiger partial charge in [-0.05, 0) is 30.7 Å². The average molecular weight is 300 g/mol. The van der Waals surface area contributed by atoms with E-state index in [1.165, 1.54) is 0 Å². The molecule has 0 unspecified atom stereocenters. The van der Waals surface area contributed by atoms with E-state index in [2.05, 4.69) is 15.5 Å². The molecular formula is C16H14ClN3O. The van der Waals surface area contributed by atoms with Gasteiger partial charge in [-0.2, -0.15) is 0 Å². The SMILES string of the molecule is Cc1ccccc1-c1nnc(CNc2ccccc2Cl)o1. The molecule has 2 aromatic carbocycles. The van der Waals surface area contributed by atoms with Crippen molar-refractivity contribution in [3.05, 3.63) is 65.0 Å². The van der Waals surface area contributed by atoms with E-state index in [4.69, 9.17) is 16.0 Å². The van der Waals surface area contributed by atoms with Crippen LogP contribution in [0.5, 0.6) is 0 Å². The first-order valence-electron chi connectivity index (χ1n) is 6.61. The molecule has 0 spiro atoms.